The molecule has 0 spiro atoms. The second-order valence-electron chi connectivity index (χ2n) is 3.29. The zero-order valence-corrected chi connectivity index (χ0v) is 8.92. The van der Waals surface area contributed by atoms with E-state index >= 15 is 0 Å². The van der Waals surface area contributed by atoms with Crippen LogP contribution in [0.15, 0.2) is 11.0 Å². The van der Waals surface area contributed by atoms with Gasteiger partial charge in [-0.3, -0.25) is 9.59 Å². The molecule has 0 aliphatic heterocycles. The van der Waals surface area contributed by atoms with E-state index in [1.54, 1.807) is 4.98 Å². The lowest BCUT2D eigenvalue weighted by atomic mass is 10.1. The predicted octanol–water partition coefficient (Wildman–Crippen LogP) is 1.84. The molecule has 5 nitrogen and oxygen atoms in total. The van der Waals surface area contributed by atoms with Gasteiger partial charge in [-0.1, -0.05) is 0 Å². The molecule has 0 saturated heterocycles. The molecule has 0 unspecified atom stereocenters. The van der Waals surface area contributed by atoms with Gasteiger partial charge in [0.1, 0.15) is 5.75 Å². The highest BCUT2D eigenvalue weighted by Gasteiger charge is 2.34. The van der Waals surface area contributed by atoms with Crippen LogP contribution >= 0.6 is 0 Å². The molecule has 0 aliphatic rings. The SMILES string of the molecule is O=C(O)Cc1c(OC(F)(F)F)c[nH]c(=O)c1C(F)F. The van der Waals surface area contributed by atoms with E-state index in [9.17, 15) is 31.5 Å². The number of alkyl halides is 5. The summed E-state index contributed by atoms with van der Waals surface area (Å²) in [5.74, 6) is -2.86. The van der Waals surface area contributed by atoms with Gasteiger partial charge in [-0.05, 0) is 0 Å². The number of aromatic nitrogens is 1. The number of aromatic amines is 1. The summed E-state index contributed by atoms with van der Waals surface area (Å²) in [6, 6.07) is 0. The minimum Gasteiger partial charge on any atom is -0.481 e. The molecule has 0 aromatic carbocycles. The third kappa shape index (κ3) is 3.93. The molecule has 1 aromatic heterocycles. The smallest absolute Gasteiger partial charge is 0.481 e. The lowest BCUT2D eigenvalue weighted by Gasteiger charge is -2.14. The van der Waals surface area contributed by atoms with Crippen molar-refractivity contribution in [3.05, 3.63) is 27.7 Å². The maximum Gasteiger partial charge on any atom is 0.573 e. The Morgan fingerprint density at radius 3 is 2.42 bits per heavy atom. The number of rotatable bonds is 4. The topological polar surface area (TPSA) is 79.4 Å². The number of H-pyrrole nitrogens is 1. The Bertz CT molecular complexity index is 536. The molecule has 0 fully saturated rings. The first kappa shape index (κ1) is 14.9. The van der Waals surface area contributed by atoms with Crippen LogP contribution in [0.3, 0.4) is 0 Å². The molecular formula is C9H6F5NO4. The molecule has 106 valence electrons. The molecule has 1 heterocycles. The number of carboxylic acids is 1. The molecule has 0 amide bonds. The van der Waals surface area contributed by atoms with Gasteiger partial charge in [0.15, 0.2) is 0 Å². The van der Waals surface area contributed by atoms with Gasteiger partial charge in [0, 0.05) is 11.8 Å². The van der Waals surface area contributed by atoms with Crippen LogP contribution in [0.25, 0.3) is 0 Å². The summed E-state index contributed by atoms with van der Waals surface area (Å²) < 4.78 is 64.7. The van der Waals surface area contributed by atoms with Crippen molar-refractivity contribution in [2.45, 2.75) is 19.2 Å². The van der Waals surface area contributed by atoms with Crippen LogP contribution < -0.4 is 10.3 Å². The van der Waals surface area contributed by atoms with E-state index in [4.69, 9.17) is 5.11 Å². The van der Waals surface area contributed by atoms with Gasteiger partial charge in [0.25, 0.3) is 12.0 Å². The Balaban J connectivity index is 3.42. The lowest BCUT2D eigenvalue weighted by Crippen LogP contribution is -2.23. The van der Waals surface area contributed by atoms with Crippen molar-refractivity contribution in [1.82, 2.24) is 4.98 Å². The van der Waals surface area contributed by atoms with Crippen molar-refractivity contribution < 1.29 is 36.6 Å². The van der Waals surface area contributed by atoms with E-state index in [2.05, 4.69) is 4.74 Å². The summed E-state index contributed by atoms with van der Waals surface area (Å²) in [7, 11) is 0. The first-order valence-corrected chi connectivity index (χ1v) is 4.62. The maximum atomic E-state index is 12.6. The summed E-state index contributed by atoms with van der Waals surface area (Å²) >= 11 is 0. The fourth-order valence-electron chi connectivity index (χ4n) is 1.35. The molecule has 0 aliphatic carbocycles. The Kier molecular flexibility index (Phi) is 4.12. The first-order valence-electron chi connectivity index (χ1n) is 4.62. The third-order valence-corrected chi connectivity index (χ3v) is 1.97. The largest absolute Gasteiger partial charge is 0.573 e. The Hall–Kier alpha value is -2.13. The molecule has 0 radical (unpaired) electrons. The second-order valence-corrected chi connectivity index (χ2v) is 3.29. The van der Waals surface area contributed by atoms with Crippen molar-refractivity contribution in [2.24, 2.45) is 0 Å². The number of carbonyl (C=O) groups is 1. The highest BCUT2D eigenvalue weighted by atomic mass is 19.4. The van der Waals surface area contributed by atoms with Crippen LogP contribution in [-0.2, 0) is 11.2 Å². The zero-order chi connectivity index (χ0) is 14.8. The average Bonchev–Trinajstić information content (AvgIpc) is 2.19. The highest BCUT2D eigenvalue weighted by Crippen LogP contribution is 2.30. The number of nitrogens with one attached hydrogen (secondary N) is 1. The fourth-order valence-corrected chi connectivity index (χ4v) is 1.35. The second kappa shape index (κ2) is 5.24. The van der Waals surface area contributed by atoms with Crippen LogP contribution in [0.2, 0.25) is 0 Å². The summed E-state index contributed by atoms with van der Waals surface area (Å²) in [5.41, 5.74) is -3.74. The normalized spacial score (nSPS) is 11.7. The van der Waals surface area contributed by atoms with Gasteiger partial charge in [-0.25, -0.2) is 8.78 Å². The molecule has 10 heteroatoms. The standard InChI is InChI=1S/C9H6F5NO4/c10-7(11)6-3(1-5(16)17)4(2-15-8(6)18)19-9(12,13)14/h2,7H,1H2,(H,15,18)(H,16,17). The molecule has 1 aromatic rings. The number of hydrogen-bond donors (Lipinski definition) is 2. The Morgan fingerprint density at radius 1 is 1.42 bits per heavy atom. The number of aliphatic carboxylic acids is 1. The molecular weight excluding hydrogens is 281 g/mol. The average molecular weight is 287 g/mol. The van der Waals surface area contributed by atoms with E-state index in [0.717, 1.165) is 0 Å². The summed E-state index contributed by atoms with van der Waals surface area (Å²) in [6.45, 7) is 0. The molecule has 1 rings (SSSR count). The van der Waals surface area contributed by atoms with Crippen LogP contribution in [0.4, 0.5) is 22.0 Å². The van der Waals surface area contributed by atoms with Crippen LogP contribution in [0, 0.1) is 0 Å². The number of ether oxygens (including phenoxy) is 1. The van der Waals surface area contributed by atoms with Gasteiger partial charge >= 0.3 is 12.3 Å². The van der Waals surface area contributed by atoms with E-state index < -0.39 is 47.6 Å². The Morgan fingerprint density at radius 2 is 2.00 bits per heavy atom. The highest BCUT2D eigenvalue weighted by molar-refractivity contribution is 5.72. The third-order valence-electron chi connectivity index (χ3n) is 1.97. The van der Waals surface area contributed by atoms with E-state index in [1.807, 2.05) is 0 Å². The van der Waals surface area contributed by atoms with Crippen molar-refractivity contribution in [1.29, 1.82) is 0 Å². The lowest BCUT2D eigenvalue weighted by molar-refractivity contribution is -0.275. The molecule has 0 bridgehead atoms. The minimum absolute atomic E-state index is 0.389. The summed E-state index contributed by atoms with van der Waals surface area (Å²) in [4.78, 5) is 23.2. The maximum absolute atomic E-state index is 12.6. The van der Waals surface area contributed by atoms with Crippen molar-refractivity contribution in [3.8, 4) is 5.75 Å². The number of halogens is 5. The summed E-state index contributed by atoms with van der Waals surface area (Å²) in [5, 5.41) is 8.49. The van der Waals surface area contributed by atoms with Crippen molar-refractivity contribution in [3.63, 3.8) is 0 Å². The van der Waals surface area contributed by atoms with Crippen LogP contribution in [-0.4, -0.2) is 22.4 Å². The van der Waals surface area contributed by atoms with Gasteiger partial charge < -0.3 is 14.8 Å². The van der Waals surface area contributed by atoms with Gasteiger partial charge in [0.05, 0.1) is 12.0 Å². The quantitative estimate of drug-likeness (QED) is 0.828. The monoisotopic (exact) mass is 287 g/mol. The van der Waals surface area contributed by atoms with E-state index in [-0.39, 0.29) is 0 Å². The predicted molar refractivity (Wildman–Crippen MR) is 50.0 cm³/mol. The van der Waals surface area contributed by atoms with Gasteiger partial charge in [-0.15, -0.1) is 13.2 Å². The number of pyridine rings is 1. The van der Waals surface area contributed by atoms with Crippen LogP contribution in [0.5, 0.6) is 5.75 Å². The van der Waals surface area contributed by atoms with Crippen molar-refractivity contribution >= 4 is 5.97 Å². The minimum atomic E-state index is -5.20. The molecule has 0 saturated carbocycles. The van der Waals surface area contributed by atoms with E-state index in [1.165, 1.54) is 0 Å². The van der Waals surface area contributed by atoms with Crippen molar-refractivity contribution in [2.75, 3.05) is 0 Å². The van der Waals surface area contributed by atoms with Gasteiger partial charge in [0.2, 0.25) is 0 Å². The Labute approximate surface area is 101 Å². The van der Waals surface area contributed by atoms with Gasteiger partial charge in [-0.2, -0.15) is 0 Å². The molecule has 19 heavy (non-hydrogen) atoms. The zero-order valence-electron chi connectivity index (χ0n) is 8.92. The summed E-state index contributed by atoms with van der Waals surface area (Å²) in [6.07, 6.45) is -9.45. The number of carboxylic acid groups (broad SMARTS) is 1. The molecule has 2 N–H and O–H groups in total. The fraction of sp³-hybridized carbons (Fsp3) is 0.333. The molecule has 0 atom stereocenters. The first-order chi connectivity index (χ1) is 8.61. The van der Waals surface area contributed by atoms with E-state index in [0.29, 0.717) is 6.20 Å². The number of hydrogen-bond acceptors (Lipinski definition) is 3. The van der Waals surface area contributed by atoms with Crippen LogP contribution in [0.1, 0.15) is 17.6 Å².